The highest BCUT2D eigenvalue weighted by Gasteiger charge is 2.52. The maximum atomic E-state index is 15.4. The first kappa shape index (κ1) is 55.5. The van der Waals surface area contributed by atoms with Crippen LogP contribution in [0.5, 0.6) is 5.88 Å². The summed E-state index contributed by atoms with van der Waals surface area (Å²) in [4.78, 5) is 66.8. The van der Waals surface area contributed by atoms with Gasteiger partial charge in [-0.05, 0) is 87.0 Å². The molecule has 23 heteroatoms. The lowest BCUT2D eigenvalue weighted by atomic mass is 9.85. The van der Waals surface area contributed by atoms with Crippen molar-refractivity contribution in [3.63, 3.8) is 0 Å². The van der Waals surface area contributed by atoms with Crippen LogP contribution in [-0.4, -0.2) is 112 Å². The van der Waals surface area contributed by atoms with Gasteiger partial charge in [-0.3, -0.25) is 24.1 Å². The van der Waals surface area contributed by atoms with Crippen molar-refractivity contribution in [3.8, 4) is 22.4 Å². The molecular formula is C49H55ClF4N8O8S2. The first-order valence-electron chi connectivity index (χ1n) is 22.9. The summed E-state index contributed by atoms with van der Waals surface area (Å²) in [6.07, 6.45) is -3.11. The first-order valence-corrected chi connectivity index (χ1v) is 24.6. The molecular weight excluding hydrogens is 1000 g/mol. The Morgan fingerprint density at radius 1 is 1.04 bits per heavy atom. The van der Waals surface area contributed by atoms with Gasteiger partial charge >= 0.3 is 6.18 Å². The van der Waals surface area contributed by atoms with Crippen LogP contribution >= 0.6 is 35.2 Å². The molecule has 2 aliphatic heterocycles. The summed E-state index contributed by atoms with van der Waals surface area (Å²) in [7, 11) is 0. The van der Waals surface area contributed by atoms with Crippen LogP contribution in [0.15, 0.2) is 54.2 Å². The van der Waals surface area contributed by atoms with E-state index in [0.717, 1.165) is 33.8 Å². The number of anilines is 2. The molecule has 0 radical (unpaired) electrons. The van der Waals surface area contributed by atoms with Crippen LogP contribution in [0.1, 0.15) is 82.7 Å². The zero-order valence-electron chi connectivity index (χ0n) is 40.4. The number of nitrogens with zero attached hydrogens (tertiary/aromatic N) is 6. The molecule has 4 aromatic rings. The smallest absolute Gasteiger partial charge is 0.420 e. The molecule has 72 heavy (non-hydrogen) atoms. The van der Waals surface area contributed by atoms with Crippen molar-refractivity contribution in [2.24, 2.45) is 5.41 Å². The van der Waals surface area contributed by atoms with E-state index in [1.165, 1.54) is 42.0 Å². The molecule has 0 saturated carbocycles. The van der Waals surface area contributed by atoms with Crippen LogP contribution in [0.25, 0.3) is 10.4 Å². The van der Waals surface area contributed by atoms with Crippen LogP contribution in [-0.2, 0) is 41.4 Å². The zero-order valence-corrected chi connectivity index (χ0v) is 42.8. The Morgan fingerprint density at radius 2 is 1.72 bits per heavy atom. The number of β-amino-alcohol motifs (C(OH)–C–C–N with tert-alkyl or cyclic N) is 1. The summed E-state index contributed by atoms with van der Waals surface area (Å²) in [5.74, 6) is -3.97. The number of rotatable bonds is 20. The molecule has 2 aliphatic rings. The van der Waals surface area contributed by atoms with Crippen molar-refractivity contribution in [2.75, 3.05) is 49.4 Å². The Balaban J connectivity index is 0.886. The van der Waals surface area contributed by atoms with Crippen molar-refractivity contribution < 1.29 is 56.1 Å². The van der Waals surface area contributed by atoms with Gasteiger partial charge in [0.25, 0.3) is 5.91 Å². The van der Waals surface area contributed by atoms with Gasteiger partial charge in [0.2, 0.25) is 23.6 Å². The number of halogens is 5. The number of nitrogens with one attached hydrogen (secondary N) is 2. The average Bonchev–Trinajstić information content (AvgIpc) is 3.98. The minimum Gasteiger partial charge on any atom is -0.477 e. The molecule has 0 bridgehead atoms. The number of unbranched alkanes of at least 4 members (excludes halogenated alkanes) is 1. The number of alkyl halides is 3. The highest BCUT2D eigenvalue weighted by Crippen LogP contribution is 2.43. The second-order valence-corrected chi connectivity index (χ2v) is 20.4. The molecule has 6 rings (SSSR count). The van der Waals surface area contributed by atoms with Crippen LogP contribution in [0.4, 0.5) is 28.9 Å². The van der Waals surface area contributed by atoms with Gasteiger partial charge in [0.15, 0.2) is 10.9 Å². The fourth-order valence-electron chi connectivity index (χ4n) is 8.18. The van der Waals surface area contributed by atoms with E-state index < -0.39 is 81.6 Å². The molecule has 0 aliphatic carbocycles. The lowest BCUT2D eigenvalue weighted by molar-refractivity contribution is -0.144. The number of nitriles is 1. The Morgan fingerprint density at radius 3 is 2.36 bits per heavy atom. The Hall–Kier alpha value is -5.83. The highest BCUT2D eigenvalue weighted by molar-refractivity contribution is 7.81. The zero-order chi connectivity index (χ0) is 52.7. The maximum Gasteiger partial charge on any atom is 0.420 e. The second kappa shape index (κ2) is 23.4. The van der Waals surface area contributed by atoms with E-state index >= 15 is 4.39 Å². The molecule has 2 aromatic carbocycles. The van der Waals surface area contributed by atoms with Gasteiger partial charge < -0.3 is 39.8 Å². The number of thiazole rings is 1. The number of hydrogen-bond donors (Lipinski definition) is 3. The SMILES string of the molecule is Cc1ncsc1-c1ccc(CNC(=O)[C@@H]2C[C@@H](O)CN2C(=O)[C@@H](NC(=O)COCCCOCCCCOc2ncc(N3C(=S)N(c4ccc(C#N)c(C(F)(F)F)c4F)C(=O)C3(C)C)cc2Cl)C(C)(C)C)cc1. The summed E-state index contributed by atoms with van der Waals surface area (Å²) >= 11 is 13.5. The van der Waals surface area contributed by atoms with Crippen LogP contribution in [0.2, 0.25) is 5.02 Å². The molecule has 2 saturated heterocycles. The lowest BCUT2D eigenvalue weighted by Gasteiger charge is -2.35. The van der Waals surface area contributed by atoms with E-state index in [1.54, 1.807) is 37.6 Å². The molecule has 0 unspecified atom stereocenters. The number of aryl methyl sites for hydroxylation is 1. The van der Waals surface area contributed by atoms with Crippen molar-refractivity contribution in [3.05, 3.63) is 87.4 Å². The molecule has 386 valence electrons. The molecule has 3 N–H and O–H groups in total. The number of carbonyl (C=O) groups excluding carboxylic acids is 4. The molecule has 2 aromatic heterocycles. The largest absolute Gasteiger partial charge is 0.477 e. The van der Waals surface area contributed by atoms with Gasteiger partial charge in [-0.15, -0.1) is 11.3 Å². The van der Waals surface area contributed by atoms with E-state index in [0.29, 0.717) is 37.4 Å². The molecule has 3 atom stereocenters. The van der Waals surface area contributed by atoms with Gasteiger partial charge in [-0.1, -0.05) is 56.6 Å². The maximum absolute atomic E-state index is 15.4. The van der Waals surface area contributed by atoms with Gasteiger partial charge in [-0.25, -0.2) is 14.4 Å². The number of ether oxygens (including phenoxy) is 3. The van der Waals surface area contributed by atoms with Crippen LogP contribution < -0.4 is 25.2 Å². The van der Waals surface area contributed by atoms with Crippen LogP contribution in [0, 0.1) is 29.5 Å². The fraction of sp³-hybridized carbons (Fsp3) is 0.469. The number of aromatic nitrogens is 2. The van der Waals surface area contributed by atoms with E-state index in [2.05, 4.69) is 20.6 Å². The summed E-state index contributed by atoms with van der Waals surface area (Å²) in [6, 6.07) is 10.3. The first-order chi connectivity index (χ1) is 33.9. The topological polar surface area (TPSA) is 200 Å². The molecule has 4 amide bonds. The third-order valence-electron chi connectivity index (χ3n) is 11.9. The lowest BCUT2D eigenvalue weighted by Crippen LogP contribution is -2.58. The number of aliphatic hydroxyl groups is 1. The molecule has 0 spiro atoms. The molecule has 16 nitrogen and oxygen atoms in total. The van der Waals surface area contributed by atoms with Gasteiger partial charge in [0.1, 0.15) is 34.8 Å². The summed E-state index contributed by atoms with van der Waals surface area (Å²) in [6.45, 7) is 11.2. The monoisotopic (exact) mass is 1060 g/mol. The predicted octanol–water partition coefficient (Wildman–Crippen LogP) is 7.50. The number of likely N-dealkylation sites (tertiary alicyclic amines) is 1. The van der Waals surface area contributed by atoms with E-state index in [-0.39, 0.29) is 61.0 Å². The van der Waals surface area contributed by atoms with Crippen molar-refractivity contribution >= 4 is 75.3 Å². The number of aliphatic hydroxyl groups excluding tert-OH is 1. The number of benzene rings is 2. The Labute approximate surface area is 428 Å². The fourth-order valence-corrected chi connectivity index (χ4v) is 9.72. The number of carbonyl (C=O) groups is 4. The third-order valence-corrected chi connectivity index (χ3v) is 13.5. The van der Waals surface area contributed by atoms with E-state index in [1.807, 2.05) is 31.2 Å². The second-order valence-electron chi connectivity index (χ2n) is 18.7. The normalized spacial score (nSPS) is 17.3. The number of thiocarbonyl (C=S) groups is 1. The summed E-state index contributed by atoms with van der Waals surface area (Å²) < 4.78 is 73.6. The molecule has 4 heterocycles. The Kier molecular flexibility index (Phi) is 18.0. The van der Waals surface area contributed by atoms with E-state index in [9.17, 15) is 37.5 Å². The summed E-state index contributed by atoms with van der Waals surface area (Å²) in [5.41, 5.74) is -0.941. The van der Waals surface area contributed by atoms with Gasteiger partial charge in [0, 0.05) is 39.3 Å². The minimum absolute atomic E-state index is 0.0448. The average molecular weight is 1060 g/mol. The minimum atomic E-state index is -5.22. The van der Waals surface area contributed by atoms with Gasteiger partial charge in [-0.2, -0.15) is 18.4 Å². The third kappa shape index (κ3) is 12.8. The van der Waals surface area contributed by atoms with E-state index in [4.69, 9.17) is 43.3 Å². The number of pyridine rings is 1. The number of amides is 4. The van der Waals surface area contributed by atoms with Crippen molar-refractivity contribution in [2.45, 2.75) is 104 Å². The predicted molar refractivity (Wildman–Crippen MR) is 265 cm³/mol. The number of hydrogen-bond acceptors (Lipinski definition) is 13. The van der Waals surface area contributed by atoms with Crippen LogP contribution in [0.3, 0.4) is 0 Å². The van der Waals surface area contributed by atoms with Gasteiger partial charge in [0.05, 0.1) is 58.0 Å². The Bertz CT molecular complexity index is 2700. The van der Waals surface area contributed by atoms with Crippen molar-refractivity contribution in [1.29, 1.82) is 5.26 Å². The highest BCUT2D eigenvalue weighted by atomic mass is 35.5. The standard InChI is InChI=1S/C49H55ClF4N8O8S2/c1-28-40(72-27-58-28)30-12-10-29(11-13-30)23-56-42(65)36-21-33(63)25-60(36)44(66)41(47(2,3)4)59-37(64)26-69-18-9-17-68-16-7-8-19-70-43-34(50)20-32(24-57-43)62-46(71)61(45(67)48(62,5)6)35-15-14-31(22-55)38(39(35)51)49(52,53)54/h10-15,20,24,27,33,36,41,63H,7-9,16-19,21,23,25-26H2,1-6H3,(H,56,65)(H,59,64)/t33-,36+,41-/m1/s1. The molecule has 2 fully saturated rings. The quantitative estimate of drug-likeness (QED) is 0.0447. The van der Waals surface area contributed by atoms with Crippen molar-refractivity contribution in [1.82, 2.24) is 25.5 Å². The summed E-state index contributed by atoms with van der Waals surface area (Å²) in [5, 5.41) is 25.1.